The lowest BCUT2D eigenvalue weighted by atomic mass is 10.0. The van der Waals surface area contributed by atoms with Crippen molar-refractivity contribution in [3.63, 3.8) is 0 Å². The van der Waals surface area contributed by atoms with Gasteiger partial charge in [0, 0.05) is 17.7 Å². The van der Waals surface area contributed by atoms with Crippen LogP contribution in [0.2, 0.25) is 0 Å². The van der Waals surface area contributed by atoms with Gasteiger partial charge in [-0.05, 0) is 48.2 Å². The van der Waals surface area contributed by atoms with E-state index in [4.69, 9.17) is 4.42 Å². The van der Waals surface area contributed by atoms with E-state index in [0.717, 1.165) is 41.6 Å². The Hall–Kier alpha value is -2.62. The first-order valence-corrected chi connectivity index (χ1v) is 9.37. The summed E-state index contributed by atoms with van der Waals surface area (Å²) in [4.78, 5) is 16.6. The summed E-state index contributed by atoms with van der Waals surface area (Å²) in [6.07, 6.45) is 3.66. The third-order valence-electron chi connectivity index (χ3n) is 4.50. The van der Waals surface area contributed by atoms with Crippen molar-refractivity contribution in [2.24, 2.45) is 0 Å². The number of anilines is 1. The Morgan fingerprint density at radius 1 is 1.12 bits per heavy atom. The molecular formula is C22H26N2O2. The van der Waals surface area contributed by atoms with Gasteiger partial charge in [-0.15, -0.1) is 0 Å². The maximum Gasteiger partial charge on any atom is 0.227 e. The first-order valence-electron chi connectivity index (χ1n) is 9.37. The molecule has 4 nitrogen and oxygen atoms in total. The molecule has 0 aliphatic heterocycles. The Morgan fingerprint density at radius 3 is 2.58 bits per heavy atom. The Balaban J connectivity index is 1.75. The fourth-order valence-electron chi connectivity index (χ4n) is 2.90. The van der Waals surface area contributed by atoms with Gasteiger partial charge in [0.2, 0.25) is 11.8 Å². The smallest absolute Gasteiger partial charge is 0.227 e. The first kappa shape index (κ1) is 18.2. The van der Waals surface area contributed by atoms with Crippen LogP contribution in [0.3, 0.4) is 0 Å². The normalized spacial score (nSPS) is 11.2. The topological polar surface area (TPSA) is 55.1 Å². The monoisotopic (exact) mass is 350 g/mol. The molecule has 2 aromatic carbocycles. The number of carbonyl (C=O) groups excluding carboxylic acids is 1. The highest BCUT2D eigenvalue weighted by Crippen LogP contribution is 2.27. The number of aromatic nitrogens is 1. The number of amides is 1. The highest BCUT2D eigenvalue weighted by Gasteiger charge is 2.10. The molecule has 1 heterocycles. The number of hydrogen-bond donors (Lipinski definition) is 1. The third-order valence-corrected chi connectivity index (χ3v) is 4.50. The van der Waals surface area contributed by atoms with Gasteiger partial charge in [-0.3, -0.25) is 4.79 Å². The van der Waals surface area contributed by atoms with E-state index >= 15 is 0 Å². The molecule has 3 aromatic rings. The van der Waals surface area contributed by atoms with Gasteiger partial charge in [0.25, 0.3) is 0 Å². The van der Waals surface area contributed by atoms with Crippen molar-refractivity contribution in [1.82, 2.24) is 4.98 Å². The fourth-order valence-corrected chi connectivity index (χ4v) is 2.90. The van der Waals surface area contributed by atoms with E-state index in [1.165, 1.54) is 5.56 Å². The number of unbranched alkanes of at least 4 members (excludes halogenated alkanes) is 2. The Morgan fingerprint density at radius 2 is 1.88 bits per heavy atom. The number of nitrogens with one attached hydrogen (secondary N) is 1. The molecule has 4 heteroatoms. The fraction of sp³-hybridized carbons (Fsp3) is 0.364. The lowest BCUT2D eigenvalue weighted by Gasteiger charge is -2.04. The summed E-state index contributed by atoms with van der Waals surface area (Å²) < 4.78 is 5.87. The highest BCUT2D eigenvalue weighted by atomic mass is 16.3. The van der Waals surface area contributed by atoms with E-state index in [1.807, 2.05) is 30.3 Å². The summed E-state index contributed by atoms with van der Waals surface area (Å²) in [6.45, 7) is 6.48. The standard InChI is InChI=1S/C22H26N2O2/c1-4-5-6-7-21(25)23-18-12-13-20-19(14-18)24-22(26-20)17-10-8-16(9-11-17)15(2)3/h8-15H,4-7H2,1-3H3,(H,23,25). The van der Waals surface area contributed by atoms with Crippen molar-refractivity contribution in [1.29, 1.82) is 0 Å². The number of nitrogens with zero attached hydrogens (tertiary/aromatic N) is 1. The quantitative estimate of drug-likeness (QED) is 0.521. The van der Waals surface area contributed by atoms with E-state index in [0.29, 0.717) is 18.2 Å². The SMILES string of the molecule is CCCCCC(=O)Nc1ccc2oc(-c3ccc(C(C)C)cc3)nc2c1. The predicted molar refractivity (Wildman–Crippen MR) is 106 cm³/mol. The molecule has 0 spiro atoms. The molecule has 0 aliphatic carbocycles. The van der Waals surface area contributed by atoms with Gasteiger partial charge >= 0.3 is 0 Å². The van der Waals surface area contributed by atoms with Crippen molar-refractivity contribution >= 4 is 22.7 Å². The molecule has 0 saturated heterocycles. The molecule has 0 fully saturated rings. The Labute approximate surface area is 154 Å². The van der Waals surface area contributed by atoms with Crippen LogP contribution >= 0.6 is 0 Å². The number of hydrogen-bond acceptors (Lipinski definition) is 3. The summed E-state index contributed by atoms with van der Waals surface area (Å²) in [5.74, 6) is 1.14. The number of carbonyl (C=O) groups is 1. The second-order valence-electron chi connectivity index (χ2n) is 6.98. The molecule has 136 valence electrons. The van der Waals surface area contributed by atoms with E-state index in [-0.39, 0.29) is 5.91 Å². The first-order chi connectivity index (χ1) is 12.6. The van der Waals surface area contributed by atoms with E-state index in [9.17, 15) is 4.79 Å². The van der Waals surface area contributed by atoms with Crippen LogP contribution in [-0.2, 0) is 4.79 Å². The molecule has 26 heavy (non-hydrogen) atoms. The van der Waals surface area contributed by atoms with Crippen LogP contribution in [0.1, 0.15) is 57.9 Å². The minimum absolute atomic E-state index is 0.0470. The van der Waals surface area contributed by atoms with E-state index in [1.54, 1.807) is 0 Å². The number of benzene rings is 2. The molecule has 3 rings (SSSR count). The van der Waals surface area contributed by atoms with Gasteiger partial charge in [-0.25, -0.2) is 4.98 Å². The average Bonchev–Trinajstić information content (AvgIpc) is 3.05. The van der Waals surface area contributed by atoms with Gasteiger partial charge in [-0.2, -0.15) is 0 Å². The minimum atomic E-state index is 0.0470. The van der Waals surface area contributed by atoms with Crippen LogP contribution in [0, 0.1) is 0 Å². The van der Waals surface area contributed by atoms with Crippen LogP contribution in [-0.4, -0.2) is 10.9 Å². The van der Waals surface area contributed by atoms with Gasteiger partial charge in [-0.1, -0.05) is 45.7 Å². The molecule has 1 aromatic heterocycles. The molecule has 0 saturated carbocycles. The molecule has 0 bridgehead atoms. The summed E-state index contributed by atoms with van der Waals surface area (Å²) in [6, 6.07) is 13.9. The molecule has 1 amide bonds. The number of oxazole rings is 1. The molecule has 0 aliphatic rings. The molecule has 0 radical (unpaired) electrons. The van der Waals surface area contributed by atoms with Crippen LogP contribution in [0.15, 0.2) is 46.9 Å². The molecule has 0 atom stereocenters. The van der Waals surface area contributed by atoms with Gasteiger partial charge in [0.1, 0.15) is 5.52 Å². The van der Waals surface area contributed by atoms with Crippen molar-refractivity contribution in [3.8, 4) is 11.5 Å². The third kappa shape index (κ3) is 4.31. The largest absolute Gasteiger partial charge is 0.436 e. The average molecular weight is 350 g/mol. The van der Waals surface area contributed by atoms with Crippen molar-refractivity contribution in [2.45, 2.75) is 52.4 Å². The van der Waals surface area contributed by atoms with Gasteiger partial charge in [0.15, 0.2) is 5.58 Å². The number of fused-ring (bicyclic) bond motifs is 1. The predicted octanol–water partition coefficient (Wildman–Crippen LogP) is 6.14. The van der Waals surface area contributed by atoms with Crippen LogP contribution in [0.4, 0.5) is 5.69 Å². The van der Waals surface area contributed by atoms with Crippen molar-refractivity contribution in [2.75, 3.05) is 5.32 Å². The van der Waals surface area contributed by atoms with Gasteiger partial charge in [0.05, 0.1) is 0 Å². The zero-order valence-electron chi connectivity index (χ0n) is 15.7. The maximum atomic E-state index is 12.0. The molecule has 0 unspecified atom stereocenters. The summed E-state index contributed by atoms with van der Waals surface area (Å²) in [5.41, 5.74) is 4.47. The van der Waals surface area contributed by atoms with Crippen LogP contribution in [0.5, 0.6) is 0 Å². The second kappa shape index (κ2) is 8.17. The van der Waals surface area contributed by atoms with Crippen LogP contribution < -0.4 is 5.32 Å². The van der Waals surface area contributed by atoms with Gasteiger partial charge < -0.3 is 9.73 Å². The van der Waals surface area contributed by atoms with Crippen molar-refractivity contribution in [3.05, 3.63) is 48.0 Å². The van der Waals surface area contributed by atoms with E-state index in [2.05, 4.69) is 43.2 Å². The second-order valence-corrected chi connectivity index (χ2v) is 6.98. The Kier molecular flexibility index (Phi) is 5.71. The lowest BCUT2D eigenvalue weighted by Crippen LogP contribution is -2.10. The number of rotatable bonds is 7. The molecule has 1 N–H and O–H groups in total. The zero-order chi connectivity index (χ0) is 18.5. The van der Waals surface area contributed by atoms with E-state index < -0.39 is 0 Å². The summed E-state index contributed by atoms with van der Waals surface area (Å²) >= 11 is 0. The molecular weight excluding hydrogens is 324 g/mol. The maximum absolute atomic E-state index is 12.0. The van der Waals surface area contributed by atoms with Crippen molar-refractivity contribution < 1.29 is 9.21 Å². The summed E-state index contributed by atoms with van der Waals surface area (Å²) in [5, 5.41) is 2.94. The zero-order valence-corrected chi connectivity index (χ0v) is 15.7. The lowest BCUT2D eigenvalue weighted by molar-refractivity contribution is -0.116. The minimum Gasteiger partial charge on any atom is -0.436 e. The Bertz CT molecular complexity index is 879. The summed E-state index contributed by atoms with van der Waals surface area (Å²) in [7, 11) is 0. The van der Waals surface area contributed by atoms with Crippen LogP contribution in [0.25, 0.3) is 22.6 Å². The highest BCUT2D eigenvalue weighted by molar-refractivity contribution is 5.93.